The van der Waals surface area contributed by atoms with Crippen LogP contribution in [-0.2, 0) is 10.0 Å². The Morgan fingerprint density at radius 1 is 1.11 bits per heavy atom. The molecule has 0 saturated heterocycles. The van der Waals surface area contributed by atoms with Crippen LogP contribution in [0.4, 0.5) is 5.69 Å². The van der Waals surface area contributed by atoms with E-state index in [2.05, 4.69) is 4.98 Å². The second kappa shape index (κ2) is 4.97. The molecule has 0 fully saturated rings. The van der Waals surface area contributed by atoms with Crippen LogP contribution in [0.25, 0.3) is 0 Å². The van der Waals surface area contributed by atoms with Crippen molar-refractivity contribution >= 4 is 27.5 Å². The molecule has 1 heterocycles. The van der Waals surface area contributed by atoms with E-state index >= 15 is 0 Å². The third-order valence-corrected chi connectivity index (χ3v) is 4.26. The summed E-state index contributed by atoms with van der Waals surface area (Å²) in [6.07, 6.45) is 3.31. The molecule has 0 aliphatic heterocycles. The highest BCUT2D eigenvalue weighted by Crippen LogP contribution is 2.34. The van der Waals surface area contributed by atoms with Gasteiger partial charge < -0.3 is 5.73 Å². The minimum Gasteiger partial charge on any atom is -0.397 e. The first-order valence-electron chi connectivity index (χ1n) is 4.97. The number of nitrogens with two attached hydrogens (primary N) is 2. The number of para-hydroxylation sites is 1. The van der Waals surface area contributed by atoms with Gasteiger partial charge in [0.2, 0.25) is 10.0 Å². The summed E-state index contributed by atoms with van der Waals surface area (Å²) in [6, 6.07) is 8.37. The zero-order chi connectivity index (χ0) is 13.2. The fraction of sp³-hybridized carbons (Fsp3) is 0. The van der Waals surface area contributed by atoms with Gasteiger partial charge >= 0.3 is 0 Å². The topological polar surface area (TPSA) is 99.1 Å². The molecule has 5 nitrogen and oxygen atoms in total. The van der Waals surface area contributed by atoms with Crippen LogP contribution in [0.5, 0.6) is 0 Å². The molecule has 0 radical (unpaired) electrons. The molecule has 0 saturated carbocycles. The lowest BCUT2D eigenvalue weighted by atomic mass is 10.3. The third kappa shape index (κ3) is 2.81. The molecule has 7 heteroatoms. The van der Waals surface area contributed by atoms with Gasteiger partial charge in [0.1, 0.15) is 4.90 Å². The zero-order valence-electron chi connectivity index (χ0n) is 9.28. The first-order chi connectivity index (χ1) is 8.48. The van der Waals surface area contributed by atoms with Gasteiger partial charge in [-0.1, -0.05) is 17.8 Å². The van der Waals surface area contributed by atoms with E-state index in [0.29, 0.717) is 4.90 Å². The maximum atomic E-state index is 11.3. The van der Waals surface area contributed by atoms with E-state index < -0.39 is 10.0 Å². The Labute approximate surface area is 109 Å². The zero-order valence-corrected chi connectivity index (χ0v) is 10.9. The van der Waals surface area contributed by atoms with E-state index in [0.717, 1.165) is 4.90 Å². The van der Waals surface area contributed by atoms with E-state index in [4.69, 9.17) is 10.9 Å². The third-order valence-electron chi connectivity index (χ3n) is 2.21. The lowest BCUT2D eigenvalue weighted by Gasteiger charge is -2.08. The Morgan fingerprint density at radius 2 is 1.78 bits per heavy atom. The quantitative estimate of drug-likeness (QED) is 0.830. The molecule has 0 bridgehead atoms. The smallest absolute Gasteiger partial charge is 0.240 e. The van der Waals surface area contributed by atoms with Crippen LogP contribution in [0.1, 0.15) is 0 Å². The number of rotatable bonds is 3. The Kier molecular flexibility index (Phi) is 3.55. The van der Waals surface area contributed by atoms with Crippen molar-refractivity contribution in [3.8, 4) is 0 Å². The fourth-order valence-electron chi connectivity index (χ4n) is 1.39. The second-order valence-electron chi connectivity index (χ2n) is 3.50. The van der Waals surface area contributed by atoms with Gasteiger partial charge in [0, 0.05) is 22.2 Å². The van der Waals surface area contributed by atoms with E-state index in [1.807, 2.05) is 12.1 Å². The Bertz CT molecular complexity index is 657. The number of nitrogens with zero attached hydrogens (tertiary/aromatic N) is 1. The summed E-state index contributed by atoms with van der Waals surface area (Å²) < 4.78 is 22.7. The van der Waals surface area contributed by atoms with Gasteiger partial charge in [0.05, 0.1) is 5.69 Å². The first kappa shape index (κ1) is 12.9. The van der Waals surface area contributed by atoms with Crippen molar-refractivity contribution in [3.63, 3.8) is 0 Å². The van der Waals surface area contributed by atoms with Crippen molar-refractivity contribution in [2.24, 2.45) is 5.14 Å². The van der Waals surface area contributed by atoms with Crippen LogP contribution in [0.15, 0.2) is 57.4 Å². The largest absolute Gasteiger partial charge is 0.397 e. The van der Waals surface area contributed by atoms with Gasteiger partial charge in [-0.2, -0.15) is 0 Å². The summed E-state index contributed by atoms with van der Waals surface area (Å²) in [6.45, 7) is 0. The molecular weight excluding hydrogens is 270 g/mol. The molecule has 0 amide bonds. The van der Waals surface area contributed by atoms with E-state index in [-0.39, 0.29) is 10.6 Å². The Balaban J connectivity index is 2.42. The van der Waals surface area contributed by atoms with Crippen LogP contribution in [-0.4, -0.2) is 13.4 Å². The normalized spacial score (nSPS) is 11.4. The van der Waals surface area contributed by atoms with Crippen molar-refractivity contribution in [2.75, 3.05) is 5.73 Å². The molecular formula is C11H11N3O2S2. The summed E-state index contributed by atoms with van der Waals surface area (Å²) in [5.41, 5.74) is 5.99. The molecule has 0 atom stereocenters. The van der Waals surface area contributed by atoms with Crippen LogP contribution in [0, 0.1) is 0 Å². The van der Waals surface area contributed by atoms with Crippen molar-refractivity contribution < 1.29 is 8.42 Å². The van der Waals surface area contributed by atoms with E-state index in [9.17, 15) is 8.42 Å². The van der Waals surface area contributed by atoms with Crippen molar-refractivity contribution in [3.05, 3.63) is 42.7 Å². The number of aromatic nitrogens is 1. The van der Waals surface area contributed by atoms with Gasteiger partial charge in [0.15, 0.2) is 0 Å². The monoisotopic (exact) mass is 281 g/mol. The molecule has 94 valence electrons. The van der Waals surface area contributed by atoms with Crippen molar-refractivity contribution in [1.82, 2.24) is 4.98 Å². The Hall–Kier alpha value is -1.57. The summed E-state index contributed by atoms with van der Waals surface area (Å²) in [4.78, 5) is 5.42. The van der Waals surface area contributed by atoms with Crippen LogP contribution in [0.3, 0.4) is 0 Å². The second-order valence-corrected chi connectivity index (χ2v) is 6.14. The highest BCUT2D eigenvalue weighted by atomic mass is 32.2. The average molecular weight is 281 g/mol. The van der Waals surface area contributed by atoms with Crippen LogP contribution >= 0.6 is 11.8 Å². The molecule has 1 aromatic heterocycles. The van der Waals surface area contributed by atoms with E-state index in [1.54, 1.807) is 24.5 Å². The summed E-state index contributed by atoms with van der Waals surface area (Å²) in [5.74, 6) is 0. The number of sulfonamides is 1. The fourth-order valence-corrected chi connectivity index (χ4v) is 3.02. The lowest BCUT2D eigenvalue weighted by molar-refractivity contribution is 0.598. The molecule has 4 N–H and O–H groups in total. The van der Waals surface area contributed by atoms with Gasteiger partial charge in [-0.05, 0) is 24.3 Å². The Morgan fingerprint density at radius 3 is 2.39 bits per heavy atom. The van der Waals surface area contributed by atoms with E-state index in [1.165, 1.54) is 17.8 Å². The molecule has 0 aliphatic rings. The number of hydrogen-bond donors (Lipinski definition) is 2. The molecule has 0 aliphatic carbocycles. The maximum absolute atomic E-state index is 11.3. The maximum Gasteiger partial charge on any atom is 0.240 e. The van der Waals surface area contributed by atoms with Crippen LogP contribution in [0.2, 0.25) is 0 Å². The molecule has 2 aromatic rings. The first-order valence-corrected chi connectivity index (χ1v) is 7.34. The van der Waals surface area contributed by atoms with Crippen molar-refractivity contribution in [2.45, 2.75) is 14.7 Å². The van der Waals surface area contributed by atoms with Gasteiger partial charge in [-0.15, -0.1) is 0 Å². The van der Waals surface area contributed by atoms with Crippen molar-refractivity contribution in [1.29, 1.82) is 0 Å². The minimum atomic E-state index is -3.80. The van der Waals surface area contributed by atoms with Gasteiger partial charge in [-0.3, -0.25) is 4.98 Å². The molecule has 2 rings (SSSR count). The number of hydrogen-bond acceptors (Lipinski definition) is 5. The predicted octanol–water partition coefficient (Wildman–Crippen LogP) is 1.46. The predicted molar refractivity (Wildman–Crippen MR) is 70.6 cm³/mol. The highest BCUT2D eigenvalue weighted by molar-refractivity contribution is 7.99. The average Bonchev–Trinajstić information content (AvgIpc) is 2.32. The lowest BCUT2D eigenvalue weighted by Crippen LogP contribution is -2.14. The SMILES string of the molecule is Nc1c(Sc2ccncc2)cccc1S(N)(=O)=O. The number of benzene rings is 1. The summed E-state index contributed by atoms with van der Waals surface area (Å²) in [5, 5.41) is 5.09. The number of anilines is 1. The number of primary sulfonamides is 1. The van der Waals surface area contributed by atoms with Gasteiger partial charge in [-0.25, -0.2) is 13.6 Å². The number of nitrogen functional groups attached to an aromatic ring is 1. The van der Waals surface area contributed by atoms with Crippen LogP contribution < -0.4 is 10.9 Å². The summed E-state index contributed by atoms with van der Waals surface area (Å²) >= 11 is 1.36. The number of pyridine rings is 1. The van der Waals surface area contributed by atoms with Gasteiger partial charge in [0.25, 0.3) is 0 Å². The highest BCUT2D eigenvalue weighted by Gasteiger charge is 2.15. The summed E-state index contributed by atoms with van der Waals surface area (Å²) in [7, 11) is -3.80. The molecule has 0 spiro atoms. The molecule has 18 heavy (non-hydrogen) atoms. The molecule has 0 unspecified atom stereocenters. The minimum absolute atomic E-state index is 0.0541. The standard InChI is InChI=1S/C11H11N3O2S2/c12-11-9(17-8-4-6-14-7-5-8)2-1-3-10(11)18(13,15)16/h1-7H,12H2,(H2,13,15,16). The molecule has 1 aromatic carbocycles.